The molecule has 0 amide bonds. The third-order valence-corrected chi connectivity index (χ3v) is 1.88. The topological polar surface area (TPSA) is 38.0 Å². The van der Waals surface area contributed by atoms with Gasteiger partial charge in [0.1, 0.15) is 0 Å². The highest BCUT2D eigenvalue weighted by Crippen LogP contribution is 2.13. The van der Waals surface area contributed by atoms with Crippen molar-refractivity contribution in [3.05, 3.63) is 18.7 Å². The van der Waals surface area contributed by atoms with Crippen LogP contribution in [0.3, 0.4) is 0 Å². The summed E-state index contributed by atoms with van der Waals surface area (Å²) < 4.78 is 2.04. The Balaban J connectivity index is 2.56. The number of aromatic nitrogens is 2. The first kappa shape index (κ1) is 8.27. The summed E-state index contributed by atoms with van der Waals surface area (Å²) in [6.07, 6.45) is 7.34. The predicted octanol–water partition coefficient (Wildman–Crippen LogP) is 1.22. The van der Waals surface area contributed by atoms with Gasteiger partial charge in [-0.05, 0) is 12.8 Å². The Morgan fingerprint density at radius 3 is 2.91 bits per heavy atom. The molecule has 1 aromatic rings. The third-order valence-electron chi connectivity index (χ3n) is 1.88. The summed E-state index contributed by atoms with van der Waals surface area (Å²) in [6, 6.07) is 0.405. The molecule has 11 heavy (non-hydrogen) atoms. The normalized spacial score (nSPS) is 13.3. The van der Waals surface area contributed by atoms with Crippen molar-refractivity contribution in [1.29, 1.82) is 0 Å². The number of hydrogen-bond acceptors (Lipinski definition) is 2. The molecule has 1 N–H and O–H groups in total. The largest absolute Gasteiger partial charge is 0.396 e. The van der Waals surface area contributed by atoms with Gasteiger partial charge in [0.15, 0.2) is 0 Å². The maximum absolute atomic E-state index is 8.73. The SMILES string of the molecule is CCC(CCO)n1ccnc1. The molecule has 0 saturated carbocycles. The van der Waals surface area contributed by atoms with E-state index in [2.05, 4.69) is 11.9 Å². The van der Waals surface area contributed by atoms with Gasteiger partial charge in [-0.15, -0.1) is 0 Å². The van der Waals surface area contributed by atoms with Gasteiger partial charge in [0.05, 0.1) is 6.33 Å². The number of rotatable bonds is 4. The molecule has 0 aliphatic heterocycles. The van der Waals surface area contributed by atoms with Crippen LogP contribution in [0.1, 0.15) is 25.8 Å². The van der Waals surface area contributed by atoms with E-state index in [9.17, 15) is 0 Å². The van der Waals surface area contributed by atoms with E-state index in [1.165, 1.54) is 0 Å². The molecule has 62 valence electrons. The highest BCUT2D eigenvalue weighted by Gasteiger charge is 2.05. The first-order valence-corrected chi connectivity index (χ1v) is 3.96. The van der Waals surface area contributed by atoms with E-state index in [1.807, 2.05) is 10.8 Å². The van der Waals surface area contributed by atoms with E-state index in [0.717, 1.165) is 12.8 Å². The van der Waals surface area contributed by atoms with Gasteiger partial charge in [-0.2, -0.15) is 0 Å². The number of aliphatic hydroxyl groups excluding tert-OH is 1. The van der Waals surface area contributed by atoms with E-state index in [-0.39, 0.29) is 6.61 Å². The predicted molar refractivity (Wildman–Crippen MR) is 43.3 cm³/mol. The molecule has 1 atom stereocenters. The molecule has 0 radical (unpaired) electrons. The Hall–Kier alpha value is -0.830. The fraction of sp³-hybridized carbons (Fsp3) is 0.625. The van der Waals surface area contributed by atoms with Crippen LogP contribution < -0.4 is 0 Å². The lowest BCUT2D eigenvalue weighted by molar-refractivity contribution is 0.254. The molecular formula is C8H14N2O. The molecule has 0 fully saturated rings. The second kappa shape index (κ2) is 4.13. The van der Waals surface area contributed by atoms with Crippen molar-refractivity contribution in [2.45, 2.75) is 25.8 Å². The number of imidazole rings is 1. The second-order valence-electron chi connectivity index (χ2n) is 2.58. The van der Waals surface area contributed by atoms with Gasteiger partial charge in [-0.1, -0.05) is 6.92 Å². The summed E-state index contributed by atoms with van der Waals surface area (Å²) in [5.41, 5.74) is 0. The maximum Gasteiger partial charge on any atom is 0.0948 e. The Labute approximate surface area is 66.7 Å². The molecule has 0 aliphatic carbocycles. The van der Waals surface area contributed by atoms with Crippen LogP contribution >= 0.6 is 0 Å². The minimum absolute atomic E-state index is 0.247. The van der Waals surface area contributed by atoms with Gasteiger partial charge < -0.3 is 9.67 Å². The molecule has 1 unspecified atom stereocenters. The standard InChI is InChI=1S/C8H14N2O/c1-2-8(3-6-11)10-5-4-9-7-10/h4-5,7-8,11H,2-3,6H2,1H3. The van der Waals surface area contributed by atoms with E-state index < -0.39 is 0 Å². The third kappa shape index (κ3) is 2.05. The van der Waals surface area contributed by atoms with Gasteiger partial charge in [0.25, 0.3) is 0 Å². The van der Waals surface area contributed by atoms with Crippen LogP contribution in [0.4, 0.5) is 0 Å². The fourth-order valence-electron chi connectivity index (χ4n) is 1.20. The minimum atomic E-state index is 0.247. The highest BCUT2D eigenvalue weighted by molar-refractivity contribution is 4.79. The van der Waals surface area contributed by atoms with Gasteiger partial charge in [-0.3, -0.25) is 0 Å². The van der Waals surface area contributed by atoms with Crippen molar-refractivity contribution < 1.29 is 5.11 Å². The Morgan fingerprint density at radius 1 is 1.64 bits per heavy atom. The minimum Gasteiger partial charge on any atom is -0.396 e. The quantitative estimate of drug-likeness (QED) is 0.708. The van der Waals surface area contributed by atoms with Crippen LogP contribution in [0, 0.1) is 0 Å². The lowest BCUT2D eigenvalue weighted by atomic mass is 10.1. The zero-order valence-electron chi connectivity index (χ0n) is 6.77. The summed E-state index contributed by atoms with van der Waals surface area (Å²) in [4.78, 5) is 3.95. The van der Waals surface area contributed by atoms with E-state index >= 15 is 0 Å². The van der Waals surface area contributed by atoms with Crippen molar-refractivity contribution >= 4 is 0 Å². The molecule has 3 nitrogen and oxygen atoms in total. The molecule has 0 aliphatic rings. The Kier molecular flexibility index (Phi) is 3.11. The molecule has 3 heteroatoms. The zero-order valence-corrected chi connectivity index (χ0v) is 6.77. The first-order chi connectivity index (χ1) is 5.38. The van der Waals surface area contributed by atoms with Crippen molar-refractivity contribution in [2.75, 3.05) is 6.61 Å². The second-order valence-corrected chi connectivity index (χ2v) is 2.58. The van der Waals surface area contributed by atoms with E-state index in [0.29, 0.717) is 6.04 Å². The Bertz CT molecular complexity index is 184. The van der Waals surface area contributed by atoms with Crippen molar-refractivity contribution in [1.82, 2.24) is 9.55 Å². The first-order valence-electron chi connectivity index (χ1n) is 3.96. The lowest BCUT2D eigenvalue weighted by Gasteiger charge is -2.14. The molecule has 1 rings (SSSR count). The molecule has 0 bridgehead atoms. The summed E-state index contributed by atoms with van der Waals surface area (Å²) in [5, 5.41) is 8.73. The summed E-state index contributed by atoms with van der Waals surface area (Å²) >= 11 is 0. The molecule has 1 heterocycles. The average Bonchev–Trinajstić information content (AvgIpc) is 2.52. The highest BCUT2D eigenvalue weighted by atomic mass is 16.3. The van der Waals surface area contributed by atoms with Gasteiger partial charge in [0, 0.05) is 25.0 Å². The van der Waals surface area contributed by atoms with Crippen LogP contribution in [0.5, 0.6) is 0 Å². The molecule has 1 aromatic heterocycles. The van der Waals surface area contributed by atoms with Crippen molar-refractivity contribution in [3.63, 3.8) is 0 Å². The smallest absolute Gasteiger partial charge is 0.0948 e. The average molecular weight is 154 g/mol. The van der Waals surface area contributed by atoms with Crippen LogP contribution in [0.2, 0.25) is 0 Å². The molecular weight excluding hydrogens is 140 g/mol. The van der Waals surface area contributed by atoms with Gasteiger partial charge >= 0.3 is 0 Å². The Morgan fingerprint density at radius 2 is 2.45 bits per heavy atom. The van der Waals surface area contributed by atoms with E-state index in [4.69, 9.17) is 5.11 Å². The molecule has 0 aromatic carbocycles. The fourth-order valence-corrected chi connectivity index (χ4v) is 1.20. The van der Waals surface area contributed by atoms with Crippen LogP contribution in [0.25, 0.3) is 0 Å². The number of aliphatic hydroxyl groups is 1. The molecule has 0 saturated heterocycles. The zero-order chi connectivity index (χ0) is 8.10. The number of nitrogens with zero attached hydrogens (tertiary/aromatic N) is 2. The van der Waals surface area contributed by atoms with Gasteiger partial charge in [0.2, 0.25) is 0 Å². The van der Waals surface area contributed by atoms with Crippen molar-refractivity contribution in [2.24, 2.45) is 0 Å². The number of hydrogen-bond donors (Lipinski definition) is 1. The van der Waals surface area contributed by atoms with Gasteiger partial charge in [-0.25, -0.2) is 4.98 Å². The summed E-state index contributed by atoms with van der Waals surface area (Å²) in [5.74, 6) is 0. The van der Waals surface area contributed by atoms with Crippen LogP contribution in [0.15, 0.2) is 18.7 Å². The monoisotopic (exact) mass is 154 g/mol. The maximum atomic E-state index is 8.73. The summed E-state index contributed by atoms with van der Waals surface area (Å²) in [7, 11) is 0. The van der Waals surface area contributed by atoms with Crippen LogP contribution in [-0.2, 0) is 0 Å². The lowest BCUT2D eigenvalue weighted by Crippen LogP contribution is -2.07. The molecule has 0 spiro atoms. The van der Waals surface area contributed by atoms with E-state index in [1.54, 1.807) is 12.5 Å². The summed E-state index contributed by atoms with van der Waals surface area (Å²) in [6.45, 7) is 2.36. The van der Waals surface area contributed by atoms with Crippen molar-refractivity contribution in [3.8, 4) is 0 Å². The van der Waals surface area contributed by atoms with Crippen LogP contribution in [-0.4, -0.2) is 21.3 Å².